The second-order valence-electron chi connectivity index (χ2n) is 5.39. The molecule has 0 saturated carbocycles. The van der Waals surface area contributed by atoms with Gasteiger partial charge in [0.2, 0.25) is 0 Å². The Balaban J connectivity index is 2.81. The number of thioether (sulfide) groups is 1. The van der Waals surface area contributed by atoms with Gasteiger partial charge in [-0.2, -0.15) is 11.8 Å². The third-order valence-corrected chi connectivity index (χ3v) is 4.51. The van der Waals surface area contributed by atoms with Crippen LogP contribution in [-0.4, -0.2) is 42.3 Å². The first-order chi connectivity index (χ1) is 8.86. The van der Waals surface area contributed by atoms with Crippen LogP contribution in [0.5, 0.6) is 0 Å². The molecule has 0 fully saturated rings. The number of benzene rings is 1. The van der Waals surface area contributed by atoms with Gasteiger partial charge in [0.25, 0.3) is 0 Å². The first-order valence-electron chi connectivity index (χ1n) is 6.67. The van der Waals surface area contributed by atoms with Gasteiger partial charge < -0.3 is 0 Å². The number of carbonyl (C=O) groups excluding carboxylic acids is 1. The molecule has 1 aromatic carbocycles. The fourth-order valence-corrected chi connectivity index (χ4v) is 2.83. The number of rotatable bonds is 6. The summed E-state index contributed by atoms with van der Waals surface area (Å²) in [4.78, 5) is 14.5. The Morgan fingerprint density at radius 3 is 2.37 bits per heavy atom. The van der Waals surface area contributed by atoms with E-state index < -0.39 is 0 Å². The summed E-state index contributed by atoms with van der Waals surface area (Å²) >= 11 is 1.82. The topological polar surface area (TPSA) is 20.3 Å². The van der Waals surface area contributed by atoms with E-state index in [2.05, 4.69) is 38.0 Å². The molecule has 1 atom stereocenters. The van der Waals surface area contributed by atoms with Crippen molar-refractivity contribution in [3.05, 3.63) is 34.4 Å². The monoisotopic (exact) mass is 279 g/mol. The quantitative estimate of drug-likeness (QED) is 0.744. The number of aryl methyl sites for hydroxylation is 3. The summed E-state index contributed by atoms with van der Waals surface area (Å²) in [5.74, 6) is 1.27. The lowest BCUT2D eigenvalue weighted by atomic mass is 9.98. The highest BCUT2D eigenvalue weighted by atomic mass is 32.2. The zero-order valence-corrected chi connectivity index (χ0v) is 13.7. The van der Waals surface area contributed by atoms with E-state index in [0.29, 0.717) is 12.6 Å². The summed E-state index contributed by atoms with van der Waals surface area (Å²) in [5, 5.41) is 0. The van der Waals surface area contributed by atoms with E-state index in [0.717, 1.165) is 16.9 Å². The Morgan fingerprint density at radius 1 is 1.21 bits per heavy atom. The molecule has 0 radical (unpaired) electrons. The Labute approximate surface area is 121 Å². The number of ketones is 1. The predicted octanol–water partition coefficient (Wildman–Crippen LogP) is 3.48. The SMILES string of the molecule is CSCC(C)N(C)CC(=O)c1cc(C)c(C)cc1C. The molecule has 3 heteroatoms. The smallest absolute Gasteiger partial charge is 0.177 e. The number of Topliss-reactive ketones (excluding diaryl/α,β-unsaturated/α-hetero) is 1. The molecule has 0 heterocycles. The van der Waals surface area contributed by atoms with E-state index in [1.54, 1.807) is 0 Å². The molecule has 0 bridgehead atoms. The van der Waals surface area contributed by atoms with Crippen molar-refractivity contribution >= 4 is 17.5 Å². The maximum Gasteiger partial charge on any atom is 0.177 e. The molecule has 106 valence electrons. The molecule has 0 N–H and O–H groups in total. The number of hydrogen-bond acceptors (Lipinski definition) is 3. The maximum atomic E-state index is 12.4. The van der Waals surface area contributed by atoms with Gasteiger partial charge in [-0.1, -0.05) is 6.07 Å². The molecule has 0 amide bonds. The fraction of sp³-hybridized carbons (Fsp3) is 0.562. The van der Waals surface area contributed by atoms with Crippen LogP contribution in [0.15, 0.2) is 12.1 Å². The van der Waals surface area contributed by atoms with Crippen LogP contribution in [-0.2, 0) is 0 Å². The normalized spacial score (nSPS) is 12.8. The Morgan fingerprint density at radius 2 is 1.79 bits per heavy atom. The van der Waals surface area contributed by atoms with Gasteiger partial charge in [0.1, 0.15) is 0 Å². The Hall–Kier alpha value is -0.800. The number of hydrogen-bond donors (Lipinski definition) is 0. The highest BCUT2D eigenvalue weighted by Crippen LogP contribution is 2.16. The molecule has 19 heavy (non-hydrogen) atoms. The molecule has 1 rings (SSSR count). The lowest BCUT2D eigenvalue weighted by molar-refractivity contribution is 0.0930. The largest absolute Gasteiger partial charge is 0.295 e. The molecular weight excluding hydrogens is 254 g/mol. The van der Waals surface area contributed by atoms with Crippen molar-refractivity contribution in [2.75, 3.05) is 25.6 Å². The third kappa shape index (κ3) is 4.36. The van der Waals surface area contributed by atoms with Gasteiger partial charge in [0.15, 0.2) is 5.78 Å². The van der Waals surface area contributed by atoms with Gasteiger partial charge in [-0.15, -0.1) is 0 Å². The summed E-state index contributed by atoms with van der Waals surface area (Å²) in [6.07, 6.45) is 2.10. The van der Waals surface area contributed by atoms with Gasteiger partial charge in [0.05, 0.1) is 6.54 Å². The van der Waals surface area contributed by atoms with Crippen LogP contribution in [0, 0.1) is 20.8 Å². The molecule has 0 spiro atoms. The molecule has 0 aliphatic carbocycles. The number of likely N-dealkylation sites (N-methyl/N-ethyl adjacent to an activating group) is 1. The summed E-state index contributed by atoms with van der Waals surface area (Å²) in [5.41, 5.74) is 4.39. The standard InChI is InChI=1S/C16H25NOS/c1-11-7-13(3)15(8-12(11)2)16(18)9-17(5)14(4)10-19-6/h7-8,14H,9-10H2,1-6H3. The van der Waals surface area contributed by atoms with Crippen molar-refractivity contribution in [2.45, 2.75) is 33.7 Å². The molecule has 0 saturated heterocycles. The fourth-order valence-electron chi connectivity index (χ4n) is 2.10. The van der Waals surface area contributed by atoms with Crippen molar-refractivity contribution in [3.63, 3.8) is 0 Å². The predicted molar refractivity (Wildman–Crippen MR) is 85.5 cm³/mol. The molecule has 2 nitrogen and oxygen atoms in total. The average molecular weight is 279 g/mol. The van der Waals surface area contributed by atoms with E-state index in [4.69, 9.17) is 0 Å². The van der Waals surface area contributed by atoms with E-state index >= 15 is 0 Å². The zero-order valence-electron chi connectivity index (χ0n) is 12.9. The van der Waals surface area contributed by atoms with Crippen molar-refractivity contribution in [2.24, 2.45) is 0 Å². The second-order valence-corrected chi connectivity index (χ2v) is 6.30. The first kappa shape index (κ1) is 16.3. The van der Waals surface area contributed by atoms with E-state index in [-0.39, 0.29) is 5.78 Å². The van der Waals surface area contributed by atoms with E-state index in [1.165, 1.54) is 11.1 Å². The number of nitrogens with zero attached hydrogens (tertiary/aromatic N) is 1. The summed E-state index contributed by atoms with van der Waals surface area (Å²) in [6, 6.07) is 4.55. The molecule has 1 aromatic rings. The maximum absolute atomic E-state index is 12.4. The van der Waals surface area contributed by atoms with Gasteiger partial charge in [-0.3, -0.25) is 9.69 Å². The highest BCUT2D eigenvalue weighted by molar-refractivity contribution is 7.98. The third-order valence-electron chi connectivity index (χ3n) is 3.69. The van der Waals surface area contributed by atoms with Crippen LogP contribution in [0.4, 0.5) is 0 Å². The van der Waals surface area contributed by atoms with Gasteiger partial charge in [-0.05, 0) is 63.8 Å². The summed E-state index contributed by atoms with van der Waals surface area (Å²) in [7, 11) is 2.02. The Kier molecular flexibility index (Phi) is 6.08. The molecule has 1 unspecified atom stereocenters. The Bertz CT molecular complexity index is 456. The average Bonchev–Trinajstić information content (AvgIpc) is 2.33. The van der Waals surface area contributed by atoms with Crippen molar-refractivity contribution in [3.8, 4) is 0 Å². The van der Waals surface area contributed by atoms with Crippen LogP contribution in [0.3, 0.4) is 0 Å². The van der Waals surface area contributed by atoms with Gasteiger partial charge in [-0.25, -0.2) is 0 Å². The van der Waals surface area contributed by atoms with Crippen LogP contribution in [0.2, 0.25) is 0 Å². The van der Waals surface area contributed by atoms with Gasteiger partial charge in [0, 0.05) is 17.4 Å². The summed E-state index contributed by atoms with van der Waals surface area (Å²) in [6.45, 7) is 8.82. The first-order valence-corrected chi connectivity index (χ1v) is 8.06. The van der Waals surface area contributed by atoms with E-state index in [1.807, 2.05) is 31.8 Å². The minimum absolute atomic E-state index is 0.219. The second kappa shape index (κ2) is 7.11. The van der Waals surface area contributed by atoms with Gasteiger partial charge >= 0.3 is 0 Å². The van der Waals surface area contributed by atoms with Crippen LogP contribution < -0.4 is 0 Å². The van der Waals surface area contributed by atoms with Crippen LogP contribution in [0.25, 0.3) is 0 Å². The minimum Gasteiger partial charge on any atom is -0.295 e. The summed E-state index contributed by atoms with van der Waals surface area (Å²) < 4.78 is 0. The highest BCUT2D eigenvalue weighted by Gasteiger charge is 2.16. The van der Waals surface area contributed by atoms with Crippen molar-refractivity contribution < 1.29 is 4.79 Å². The lowest BCUT2D eigenvalue weighted by Gasteiger charge is -2.23. The lowest BCUT2D eigenvalue weighted by Crippen LogP contribution is -2.35. The van der Waals surface area contributed by atoms with Crippen LogP contribution >= 0.6 is 11.8 Å². The van der Waals surface area contributed by atoms with E-state index in [9.17, 15) is 4.79 Å². The zero-order chi connectivity index (χ0) is 14.6. The van der Waals surface area contributed by atoms with Crippen LogP contribution in [0.1, 0.15) is 34.0 Å². The molecule has 0 aliphatic heterocycles. The minimum atomic E-state index is 0.219. The molecule has 0 aromatic heterocycles. The van der Waals surface area contributed by atoms with Crippen molar-refractivity contribution in [1.82, 2.24) is 4.90 Å². The molecular formula is C16H25NOS. The molecule has 0 aliphatic rings. The number of carbonyl (C=O) groups is 1. The van der Waals surface area contributed by atoms with Crippen molar-refractivity contribution in [1.29, 1.82) is 0 Å².